The molecule has 8 heteroatoms. The maximum Gasteiger partial charge on any atom is 0.339 e. The van der Waals surface area contributed by atoms with Gasteiger partial charge >= 0.3 is 5.97 Å². The van der Waals surface area contributed by atoms with Crippen LogP contribution in [0.2, 0.25) is 0 Å². The van der Waals surface area contributed by atoms with Gasteiger partial charge in [-0.3, -0.25) is 4.79 Å². The molecule has 2 heterocycles. The van der Waals surface area contributed by atoms with Crippen molar-refractivity contribution in [3.63, 3.8) is 0 Å². The molecule has 1 atom stereocenters. The van der Waals surface area contributed by atoms with Crippen molar-refractivity contribution in [3.8, 4) is 11.3 Å². The Morgan fingerprint density at radius 1 is 1.29 bits per heavy atom. The summed E-state index contributed by atoms with van der Waals surface area (Å²) in [5.41, 5.74) is 1.85. The SMILES string of the molecule is Cc1noc2nc(-c3ccc(F)cc3)cc(C(=O)O[C@@H](C)C(=O)NC3CC3)c12. The van der Waals surface area contributed by atoms with Crippen LogP contribution < -0.4 is 5.32 Å². The highest BCUT2D eigenvalue weighted by molar-refractivity contribution is 6.05. The molecule has 0 bridgehead atoms. The van der Waals surface area contributed by atoms with E-state index in [4.69, 9.17) is 9.26 Å². The molecule has 1 aromatic carbocycles. The molecule has 0 aliphatic heterocycles. The Morgan fingerprint density at radius 2 is 2.00 bits per heavy atom. The molecule has 144 valence electrons. The average Bonchev–Trinajstić information content (AvgIpc) is 3.42. The molecule has 3 aromatic rings. The molecular formula is C20H18FN3O4. The fourth-order valence-corrected chi connectivity index (χ4v) is 2.85. The van der Waals surface area contributed by atoms with Crippen molar-refractivity contribution in [3.05, 3.63) is 47.4 Å². The van der Waals surface area contributed by atoms with Crippen molar-refractivity contribution in [2.75, 3.05) is 0 Å². The van der Waals surface area contributed by atoms with E-state index in [1.54, 1.807) is 19.1 Å². The molecule has 7 nitrogen and oxygen atoms in total. The average molecular weight is 383 g/mol. The van der Waals surface area contributed by atoms with Gasteiger partial charge in [-0.05, 0) is 57.0 Å². The molecule has 0 saturated heterocycles. The van der Waals surface area contributed by atoms with Gasteiger partial charge in [0, 0.05) is 11.6 Å². The number of rotatable bonds is 5. The summed E-state index contributed by atoms with van der Waals surface area (Å²) in [7, 11) is 0. The van der Waals surface area contributed by atoms with Gasteiger partial charge in [-0.2, -0.15) is 0 Å². The first-order valence-electron chi connectivity index (χ1n) is 8.96. The Bertz CT molecular complexity index is 1060. The van der Waals surface area contributed by atoms with Crippen LogP contribution in [0.15, 0.2) is 34.9 Å². The molecule has 0 radical (unpaired) electrons. The molecule has 1 amide bonds. The standard InChI is InChI=1S/C20H18FN3O4/c1-10-17-15(20(26)27-11(2)18(25)22-14-7-8-14)9-16(23-19(17)28-24-10)12-3-5-13(21)6-4-12/h3-6,9,11,14H,7-8H2,1-2H3,(H,22,25)/t11-/m0/s1. The number of amides is 1. The quantitative estimate of drug-likeness (QED) is 0.680. The van der Waals surface area contributed by atoms with Gasteiger partial charge in [0.25, 0.3) is 11.6 Å². The van der Waals surface area contributed by atoms with Crippen molar-refractivity contribution in [2.45, 2.75) is 38.8 Å². The van der Waals surface area contributed by atoms with Crippen LogP contribution in [-0.2, 0) is 9.53 Å². The zero-order valence-electron chi connectivity index (χ0n) is 15.4. The smallest absolute Gasteiger partial charge is 0.339 e. The number of hydrogen-bond donors (Lipinski definition) is 1. The summed E-state index contributed by atoms with van der Waals surface area (Å²) in [5.74, 6) is -1.39. The van der Waals surface area contributed by atoms with Gasteiger partial charge in [-0.15, -0.1) is 0 Å². The lowest BCUT2D eigenvalue weighted by Crippen LogP contribution is -2.37. The molecule has 2 aromatic heterocycles. The molecule has 0 unspecified atom stereocenters. The number of halogens is 1. The van der Waals surface area contributed by atoms with E-state index in [1.807, 2.05) is 0 Å². The predicted molar refractivity (Wildman–Crippen MR) is 98.0 cm³/mol. The minimum atomic E-state index is -0.939. The van der Waals surface area contributed by atoms with Gasteiger partial charge in [0.2, 0.25) is 0 Å². The third kappa shape index (κ3) is 3.58. The first kappa shape index (κ1) is 18.1. The molecule has 4 rings (SSSR count). The number of carbonyl (C=O) groups excluding carboxylic acids is 2. The van der Waals surface area contributed by atoms with Crippen molar-refractivity contribution in [2.24, 2.45) is 0 Å². The van der Waals surface area contributed by atoms with Crippen LogP contribution in [0.3, 0.4) is 0 Å². The van der Waals surface area contributed by atoms with E-state index in [9.17, 15) is 14.0 Å². The van der Waals surface area contributed by atoms with E-state index in [-0.39, 0.29) is 29.0 Å². The van der Waals surface area contributed by atoms with Gasteiger partial charge in [-0.25, -0.2) is 14.2 Å². The van der Waals surface area contributed by atoms with Gasteiger partial charge < -0.3 is 14.6 Å². The van der Waals surface area contributed by atoms with E-state index < -0.39 is 12.1 Å². The summed E-state index contributed by atoms with van der Waals surface area (Å²) in [6, 6.07) is 7.41. The Morgan fingerprint density at radius 3 is 2.68 bits per heavy atom. The molecule has 1 N–H and O–H groups in total. The minimum absolute atomic E-state index is 0.168. The number of aryl methyl sites for hydroxylation is 1. The van der Waals surface area contributed by atoms with Crippen LogP contribution in [0.1, 0.15) is 35.8 Å². The fourth-order valence-electron chi connectivity index (χ4n) is 2.85. The number of ether oxygens (including phenoxy) is 1. The number of nitrogens with one attached hydrogen (secondary N) is 1. The molecule has 1 saturated carbocycles. The lowest BCUT2D eigenvalue weighted by atomic mass is 10.1. The summed E-state index contributed by atoms with van der Waals surface area (Å²) < 4.78 is 23.8. The van der Waals surface area contributed by atoms with Gasteiger partial charge in [0.15, 0.2) is 6.10 Å². The molecule has 1 aliphatic rings. The third-order valence-corrected chi connectivity index (χ3v) is 4.55. The Balaban J connectivity index is 1.67. The lowest BCUT2D eigenvalue weighted by Gasteiger charge is -2.14. The van der Waals surface area contributed by atoms with Gasteiger partial charge in [0.05, 0.1) is 22.3 Å². The number of esters is 1. The minimum Gasteiger partial charge on any atom is -0.449 e. The van der Waals surface area contributed by atoms with E-state index in [1.165, 1.54) is 25.1 Å². The highest BCUT2D eigenvalue weighted by Gasteiger charge is 2.28. The third-order valence-electron chi connectivity index (χ3n) is 4.55. The molecule has 1 aliphatic carbocycles. The normalized spacial score (nSPS) is 14.7. The number of carbonyl (C=O) groups is 2. The van der Waals surface area contributed by atoms with E-state index in [0.29, 0.717) is 22.3 Å². The van der Waals surface area contributed by atoms with Crippen LogP contribution in [-0.4, -0.2) is 34.2 Å². The topological polar surface area (TPSA) is 94.3 Å². The largest absolute Gasteiger partial charge is 0.449 e. The summed E-state index contributed by atoms with van der Waals surface area (Å²) in [6.45, 7) is 3.21. The van der Waals surface area contributed by atoms with E-state index in [0.717, 1.165) is 12.8 Å². The summed E-state index contributed by atoms with van der Waals surface area (Å²) in [6.07, 6.45) is 0.946. The number of fused-ring (bicyclic) bond motifs is 1. The zero-order chi connectivity index (χ0) is 19.8. The van der Waals surface area contributed by atoms with E-state index >= 15 is 0 Å². The zero-order valence-corrected chi connectivity index (χ0v) is 15.4. The van der Waals surface area contributed by atoms with Crippen LogP contribution in [0.4, 0.5) is 4.39 Å². The number of hydrogen-bond acceptors (Lipinski definition) is 6. The van der Waals surface area contributed by atoms with Crippen LogP contribution in [0, 0.1) is 12.7 Å². The molecule has 0 spiro atoms. The van der Waals surface area contributed by atoms with Crippen molar-refractivity contribution < 1.29 is 23.2 Å². The van der Waals surface area contributed by atoms with E-state index in [2.05, 4.69) is 15.5 Å². The highest BCUT2D eigenvalue weighted by Crippen LogP contribution is 2.28. The second-order valence-corrected chi connectivity index (χ2v) is 6.84. The number of nitrogens with zero attached hydrogens (tertiary/aromatic N) is 2. The van der Waals surface area contributed by atoms with Crippen LogP contribution >= 0.6 is 0 Å². The van der Waals surface area contributed by atoms with Gasteiger partial charge in [-0.1, -0.05) is 5.16 Å². The number of benzene rings is 1. The summed E-state index contributed by atoms with van der Waals surface area (Å²) in [4.78, 5) is 29.3. The van der Waals surface area contributed by atoms with Crippen molar-refractivity contribution in [1.82, 2.24) is 15.5 Å². The maximum absolute atomic E-state index is 13.2. The van der Waals surface area contributed by atoms with Crippen LogP contribution in [0.5, 0.6) is 0 Å². The number of aromatic nitrogens is 2. The lowest BCUT2D eigenvalue weighted by molar-refractivity contribution is -0.129. The molecule has 1 fully saturated rings. The van der Waals surface area contributed by atoms with Crippen molar-refractivity contribution in [1.29, 1.82) is 0 Å². The first-order chi connectivity index (χ1) is 13.4. The molecule has 28 heavy (non-hydrogen) atoms. The predicted octanol–water partition coefficient (Wildman–Crippen LogP) is 3.16. The first-order valence-corrected chi connectivity index (χ1v) is 8.96. The second-order valence-electron chi connectivity index (χ2n) is 6.84. The Kier molecular flexibility index (Phi) is 4.54. The number of pyridine rings is 1. The summed E-state index contributed by atoms with van der Waals surface area (Å²) in [5, 5.41) is 7.09. The van der Waals surface area contributed by atoms with Crippen LogP contribution in [0.25, 0.3) is 22.4 Å². The summed E-state index contributed by atoms with van der Waals surface area (Å²) >= 11 is 0. The van der Waals surface area contributed by atoms with Gasteiger partial charge in [0.1, 0.15) is 5.82 Å². The second kappa shape index (κ2) is 7.03. The Hall–Kier alpha value is -3.29. The fraction of sp³-hybridized carbons (Fsp3) is 0.300. The monoisotopic (exact) mass is 383 g/mol. The molecular weight excluding hydrogens is 365 g/mol. The van der Waals surface area contributed by atoms with Crippen molar-refractivity contribution >= 4 is 23.0 Å². The Labute approximate surface area is 159 Å². The highest BCUT2D eigenvalue weighted by atomic mass is 19.1. The maximum atomic E-state index is 13.2.